The fourth-order valence-corrected chi connectivity index (χ4v) is 3.70. The Bertz CT molecular complexity index is 1520. The average Bonchev–Trinajstić information content (AvgIpc) is 2.91. The highest BCUT2D eigenvalue weighted by Gasteiger charge is 2.13. The summed E-state index contributed by atoms with van der Waals surface area (Å²) in [5.41, 5.74) is 11.1. The van der Waals surface area contributed by atoms with Crippen LogP contribution in [-0.4, -0.2) is 9.97 Å². The van der Waals surface area contributed by atoms with Crippen LogP contribution in [0.5, 0.6) is 0 Å². The van der Waals surface area contributed by atoms with Gasteiger partial charge in [-0.2, -0.15) is 0 Å². The summed E-state index contributed by atoms with van der Waals surface area (Å²) in [5, 5.41) is 4.14. The Morgan fingerprint density at radius 3 is 1.52 bits per heavy atom. The van der Waals surface area contributed by atoms with E-state index in [4.69, 9.17) is 53.7 Å². The molecule has 0 atom stereocenters. The predicted molar refractivity (Wildman–Crippen MR) is 181 cm³/mol. The van der Waals surface area contributed by atoms with Crippen LogP contribution in [0.15, 0.2) is 73.1 Å². The number of halogens is 3. The number of benzene rings is 2. The lowest BCUT2D eigenvalue weighted by Crippen LogP contribution is -2.10. The van der Waals surface area contributed by atoms with Crippen molar-refractivity contribution in [3.63, 3.8) is 0 Å². The number of nitrogens with two attached hydrogens (primary N) is 1. The number of nitrogens with zero attached hydrogens (tertiary/aromatic N) is 4. The van der Waals surface area contributed by atoms with E-state index < -0.39 is 0 Å². The summed E-state index contributed by atoms with van der Waals surface area (Å²) in [6, 6.07) is 19.3. The lowest BCUT2D eigenvalue weighted by atomic mass is 9.87. The zero-order chi connectivity index (χ0) is 30.8. The molecule has 0 radical (unpaired) electrons. The topological polar surface area (TPSA) is 72.5 Å². The fourth-order valence-electron chi connectivity index (χ4n) is 3.23. The van der Waals surface area contributed by atoms with E-state index in [1.54, 1.807) is 6.07 Å². The molecule has 2 aromatic carbocycles. The zero-order valence-corrected chi connectivity index (χ0v) is 26.2. The predicted octanol–water partition coefficient (Wildman–Crippen LogP) is 11.5. The van der Waals surface area contributed by atoms with Crippen LogP contribution in [0.3, 0.4) is 0 Å². The first kappa shape index (κ1) is 36.2. The van der Waals surface area contributed by atoms with Crippen molar-refractivity contribution in [3.05, 3.63) is 122 Å². The number of aromatic nitrogens is 2. The van der Waals surface area contributed by atoms with Gasteiger partial charge in [0.25, 0.3) is 0 Å². The van der Waals surface area contributed by atoms with Crippen LogP contribution in [0.4, 0.5) is 28.6 Å². The fraction of sp³-hybridized carbons (Fsp3) is 0.273. The Morgan fingerprint density at radius 1 is 0.690 bits per heavy atom. The normalized spacial score (nSPS) is 10.4. The van der Waals surface area contributed by atoms with E-state index in [2.05, 4.69) is 90.8 Å². The van der Waals surface area contributed by atoms with Crippen molar-refractivity contribution in [1.29, 1.82) is 0 Å². The van der Waals surface area contributed by atoms with E-state index in [-0.39, 0.29) is 23.4 Å². The van der Waals surface area contributed by atoms with Gasteiger partial charge >= 0.3 is 0 Å². The summed E-state index contributed by atoms with van der Waals surface area (Å²) in [7, 11) is 0. The molecule has 2 aromatic heterocycles. The van der Waals surface area contributed by atoms with Gasteiger partial charge in [-0.1, -0.05) is 108 Å². The molecule has 0 fully saturated rings. The quantitative estimate of drug-likeness (QED) is 0.132. The van der Waals surface area contributed by atoms with Gasteiger partial charge in [0.2, 0.25) is 11.4 Å². The lowest BCUT2D eigenvalue weighted by Gasteiger charge is -2.19. The largest absolute Gasteiger partial charge is 0.399 e. The Hall–Kier alpha value is -3.81. The molecule has 0 bridgehead atoms. The second-order valence-electron chi connectivity index (χ2n) is 11.0. The van der Waals surface area contributed by atoms with Crippen molar-refractivity contribution >= 4 is 63.4 Å². The second kappa shape index (κ2) is 16.0. The Balaban J connectivity index is 0.000000341. The van der Waals surface area contributed by atoms with Crippen molar-refractivity contribution in [1.82, 2.24) is 9.97 Å². The monoisotopic (exact) mass is 622 g/mol. The highest BCUT2D eigenvalue weighted by molar-refractivity contribution is 6.41. The Morgan fingerprint density at radius 2 is 1.12 bits per heavy atom. The third kappa shape index (κ3) is 11.6. The molecule has 3 N–H and O–H groups in total. The molecular formula is C33H37Cl3N6. The van der Waals surface area contributed by atoms with Crippen LogP contribution >= 0.6 is 34.8 Å². The first-order valence-corrected chi connectivity index (χ1v) is 13.7. The first-order chi connectivity index (χ1) is 19.1. The lowest BCUT2D eigenvalue weighted by molar-refractivity contribution is 0.590. The van der Waals surface area contributed by atoms with E-state index >= 15 is 0 Å². The molecule has 0 saturated heterocycles. The van der Waals surface area contributed by atoms with E-state index in [0.29, 0.717) is 27.2 Å². The second-order valence-corrected chi connectivity index (χ2v) is 12.2. The minimum atomic E-state index is 0. The summed E-state index contributed by atoms with van der Waals surface area (Å²) < 4.78 is 0. The van der Waals surface area contributed by atoms with Crippen molar-refractivity contribution < 1.29 is 0 Å². The average molecular weight is 624 g/mol. The van der Waals surface area contributed by atoms with Gasteiger partial charge in [-0.3, -0.25) is 4.98 Å². The van der Waals surface area contributed by atoms with Gasteiger partial charge in [0.05, 0.1) is 23.2 Å². The number of anilines is 3. The third-order valence-electron chi connectivity index (χ3n) is 5.66. The maximum atomic E-state index is 6.92. The molecule has 42 heavy (non-hydrogen) atoms. The van der Waals surface area contributed by atoms with Crippen LogP contribution in [-0.2, 0) is 10.8 Å². The van der Waals surface area contributed by atoms with Gasteiger partial charge in [-0.15, -0.1) is 0 Å². The number of pyridine rings is 2. The highest BCUT2D eigenvalue weighted by Crippen LogP contribution is 2.29. The van der Waals surface area contributed by atoms with Gasteiger partial charge in [0, 0.05) is 23.8 Å². The number of hydrogen-bond donors (Lipinski definition) is 2. The zero-order valence-electron chi connectivity index (χ0n) is 23.9. The molecule has 9 heteroatoms. The molecule has 0 aliphatic carbocycles. The Labute approximate surface area is 265 Å². The first-order valence-electron chi connectivity index (χ1n) is 12.6. The molecule has 6 nitrogen and oxygen atoms in total. The summed E-state index contributed by atoms with van der Waals surface area (Å²) in [4.78, 5) is 14.2. The maximum absolute atomic E-state index is 6.92. The molecule has 0 spiro atoms. The van der Waals surface area contributed by atoms with Gasteiger partial charge in [0.1, 0.15) is 11.0 Å². The maximum Gasteiger partial charge on any atom is 0.206 e. The van der Waals surface area contributed by atoms with E-state index in [0.717, 1.165) is 11.4 Å². The summed E-state index contributed by atoms with van der Waals surface area (Å²) in [6.07, 6.45) is 2.88. The molecule has 0 aliphatic rings. The smallest absolute Gasteiger partial charge is 0.206 e. The Kier molecular flexibility index (Phi) is 13.8. The van der Waals surface area contributed by atoms with Crippen LogP contribution in [0.2, 0.25) is 15.2 Å². The minimum absolute atomic E-state index is 0. The molecule has 0 amide bonds. The number of nitrogen functional groups attached to an aromatic ring is 1. The van der Waals surface area contributed by atoms with Gasteiger partial charge in [-0.25, -0.2) is 14.7 Å². The minimum Gasteiger partial charge on any atom is -0.399 e. The van der Waals surface area contributed by atoms with Crippen LogP contribution in [0.25, 0.3) is 9.69 Å². The summed E-state index contributed by atoms with van der Waals surface area (Å²) in [5.74, 6) is 0.558. The van der Waals surface area contributed by atoms with E-state index in [1.807, 2.05) is 24.3 Å². The van der Waals surface area contributed by atoms with Crippen molar-refractivity contribution in [2.45, 2.75) is 59.8 Å². The molecular weight excluding hydrogens is 587 g/mol. The molecule has 2 heterocycles. The van der Waals surface area contributed by atoms with Crippen LogP contribution in [0.1, 0.15) is 60.1 Å². The standard InChI is InChI=1S/C16H16ClN3.C10H15N.C6H2Cl2N2.CH4/c1-16(2,3)11-5-7-12(8-6-11)20-15-14(17)9-13(18-4)10-19-15;1-10(2,3)8-4-6-9(11)7-5-8;1-9-4-2-5(7)6(8)10-3-4;/h5-10H,1-3H3,(H,19,20);4-7H,11H2,1-3H3;2-3H;1H4. The molecule has 4 rings (SSSR count). The van der Waals surface area contributed by atoms with Crippen LogP contribution in [0, 0.1) is 13.1 Å². The van der Waals surface area contributed by atoms with Crippen molar-refractivity contribution in [2.75, 3.05) is 11.1 Å². The third-order valence-corrected chi connectivity index (χ3v) is 6.63. The number of rotatable bonds is 2. The van der Waals surface area contributed by atoms with Crippen LogP contribution < -0.4 is 11.1 Å². The van der Waals surface area contributed by atoms with E-state index in [1.165, 1.54) is 29.6 Å². The highest BCUT2D eigenvalue weighted by atomic mass is 35.5. The molecule has 0 unspecified atom stereocenters. The molecule has 0 saturated carbocycles. The van der Waals surface area contributed by atoms with E-state index in [9.17, 15) is 0 Å². The number of nitrogens with one attached hydrogen (secondary N) is 1. The van der Waals surface area contributed by atoms with Crippen molar-refractivity contribution in [2.24, 2.45) is 0 Å². The van der Waals surface area contributed by atoms with Crippen molar-refractivity contribution in [3.8, 4) is 0 Å². The SMILES string of the molecule is C.CC(C)(C)c1ccc(N)cc1.[C-]#[N+]c1cnc(Cl)c(Cl)c1.[C-]#[N+]c1cnc(Nc2ccc(C(C)(C)C)cc2)c(Cl)c1. The van der Waals surface area contributed by atoms with Gasteiger partial charge in [-0.05, 0) is 58.4 Å². The summed E-state index contributed by atoms with van der Waals surface area (Å²) >= 11 is 17.1. The van der Waals surface area contributed by atoms with Gasteiger partial charge < -0.3 is 11.1 Å². The van der Waals surface area contributed by atoms with Gasteiger partial charge in [0.15, 0.2) is 0 Å². The molecule has 220 valence electrons. The summed E-state index contributed by atoms with van der Waals surface area (Å²) in [6.45, 7) is 26.6. The number of hydrogen-bond acceptors (Lipinski definition) is 4. The molecule has 4 aromatic rings. The molecule has 0 aliphatic heterocycles.